The van der Waals surface area contributed by atoms with Gasteiger partial charge < -0.3 is 25.2 Å². The van der Waals surface area contributed by atoms with Gasteiger partial charge in [0.2, 0.25) is 0 Å². The monoisotopic (exact) mass is 512 g/mol. The molecule has 2 aromatic rings. The van der Waals surface area contributed by atoms with Crippen LogP contribution in [0.15, 0.2) is 46.9 Å². The highest BCUT2D eigenvalue weighted by molar-refractivity contribution is 7.90. The topological polar surface area (TPSA) is 133 Å². The fourth-order valence-electron chi connectivity index (χ4n) is 4.01. The van der Waals surface area contributed by atoms with Gasteiger partial charge in [-0.1, -0.05) is 12.1 Å². The number of anilines is 1. The number of alkyl halides is 3. The van der Waals surface area contributed by atoms with Gasteiger partial charge in [-0.05, 0) is 29.8 Å². The zero-order chi connectivity index (χ0) is 25.7. The smallest absolute Gasteiger partial charge is 0.420 e. The van der Waals surface area contributed by atoms with Gasteiger partial charge in [-0.2, -0.15) is 13.2 Å². The van der Waals surface area contributed by atoms with E-state index in [0.29, 0.717) is 5.56 Å². The summed E-state index contributed by atoms with van der Waals surface area (Å²) in [6, 6.07) is 7.25. The van der Waals surface area contributed by atoms with Gasteiger partial charge in [0, 0.05) is 11.8 Å². The van der Waals surface area contributed by atoms with Gasteiger partial charge in [0.1, 0.15) is 18.4 Å². The van der Waals surface area contributed by atoms with E-state index in [9.17, 15) is 36.3 Å². The van der Waals surface area contributed by atoms with E-state index in [1.807, 2.05) is 0 Å². The number of hydrogen-bond donors (Lipinski definition) is 3. The molecule has 0 aliphatic carbocycles. The fraction of sp³-hybridized carbons (Fsp3) is 0.273. The molecule has 0 spiro atoms. The Bertz CT molecular complexity index is 1350. The van der Waals surface area contributed by atoms with E-state index >= 15 is 0 Å². The number of rotatable bonds is 5. The second kappa shape index (κ2) is 8.48. The van der Waals surface area contributed by atoms with Crippen LogP contribution in [0.1, 0.15) is 22.8 Å². The Kier molecular flexibility index (Phi) is 5.91. The lowest BCUT2D eigenvalue weighted by atomic mass is 9.94. The van der Waals surface area contributed by atoms with Crippen molar-refractivity contribution in [3.63, 3.8) is 0 Å². The largest absolute Gasteiger partial charge is 0.507 e. The summed E-state index contributed by atoms with van der Waals surface area (Å²) in [4.78, 5) is 24.8. The first-order valence-corrected chi connectivity index (χ1v) is 12.0. The Balaban J connectivity index is 1.79. The summed E-state index contributed by atoms with van der Waals surface area (Å²) < 4.78 is 70.6. The van der Waals surface area contributed by atoms with Crippen molar-refractivity contribution < 1.29 is 46.1 Å². The molecule has 35 heavy (non-hydrogen) atoms. The molecule has 9 nitrogen and oxygen atoms in total. The maximum atomic E-state index is 13.8. The summed E-state index contributed by atoms with van der Waals surface area (Å²) in [5.41, 5.74) is -0.998. The molecule has 0 bridgehead atoms. The summed E-state index contributed by atoms with van der Waals surface area (Å²) in [5, 5.41) is 21.6. The molecule has 2 heterocycles. The third-order valence-corrected chi connectivity index (χ3v) is 6.77. The molecule has 2 aliphatic heterocycles. The molecule has 1 amide bonds. The van der Waals surface area contributed by atoms with Gasteiger partial charge >= 0.3 is 12.1 Å². The number of carboxylic acids is 1. The number of carbonyl (C=O) groups excluding carboxylic acids is 1. The molecular formula is C22H19F3N2O7S. The first-order chi connectivity index (χ1) is 16.3. The van der Waals surface area contributed by atoms with E-state index in [2.05, 4.69) is 5.32 Å². The number of aliphatic carboxylic acids is 1. The molecule has 3 N–H and O–H groups in total. The minimum atomic E-state index is -4.78. The Morgan fingerprint density at radius 1 is 1.17 bits per heavy atom. The van der Waals surface area contributed by atoms with E-state index in [4.69, 9.17) is 9.84 Å². The summed E-state index contributed by atoms with van der Waals surface area (Å²) in [6.07, 6.45) is -4.72. The number of nitrogens with zero attached hydrogens (tertiary/aromatic N) is 1. The number of nitrogens with one attached hydrogen (secondary N) is 1. The van der Waals surface area contributed by atoms with Gasteiger partial charge in [0.15, 0.2) is 15.6 Å². The molecule has 0 saturated carbocycles. The van der Waals surface area contributed by atoms with E-state index in [-0.39, 0.29) is 34.8 Å². The Morgan fingerprint density at radius 2 is 1.83 bits per heavy atom. The average Bonchev–Trinajstić information content (AvgIpc) is 2.78. The number of carboxylic acid groups (broad SMARTS) is 1. The zero-order valence-electron chi connectivity index (χ0n) is 18.1. The lowest BCUT2D eigenvalue weighted by Gasteiger charge is -2.41. The van der Waals surface area contributed by atoms with Crippen LogP contribution in [-0.4, -0.2) is 56.4 Å². The maximum Gasteiger partial charge on any atom is 0.420 e. The molecule has 0 saturated heterocycles. The first-order valence-electron chi connectivity index (χ1n) is 10.2. The van der Waals surface area contributed by atoms with E-state index in [0.717, 1.165) is 18.4 Å². The zero-order valence-corrected chi connectivity index (χ0v) is 18.9. The van der Waals surface area contributed by atoms with Crippen molar-refractivity contribution in [1.29, 1.82) is 0 Å². The molecule has 2 aromatic carbocycles. The lowest BCUT2D eigenvalue weighted by Crippen LogP contribution is -2.43. The van der Waals surface area contributed by atoms with E-state index in [1.54, 1.807) is 0 Å². The average molecular weight is 512 g/mol. The second-order valence-electron chi connectivity index (χ2n) is 8.07. The van der Waals surface area contributed by atoms with Crippen LogP contribution < -0.4 is 15.0 Å². The third-order valence-electron chi connectivity index (χ3n) is 5.64. The number of carbonyl (C=O) groups is 2. The Labute approximate surface area is 197 Å². The number of ether oxygens (including phenoxy) is 1. The predicted octanol–water partition coefficient (Wildman–Crippen LogP) is 2.53. The van der Waals surface area contributed by atoms with Crippen molar-refractivity contribution in [3.8, 4) is 5.75 Å². The quantitative estimate of drug-likeness (QED) is 0.557. The molecule has 1 unspecified atom stereocenters. The minimum Gasteiger partial charge on any atom is -0.507 e. The normalized spacial score (nSPS) is 17.5. The van der Waals surface area contributed by atoms with Crippen molar-refractivity contribution in [1.82, 2.24) is 5.32 Å². The number of halogens is 3. The van der Waals surface area contributed by atoms with Crippen molar-refractivity contribution >= 4 is 33.2 Å². The van der Waals surface area contributed by atoms with Gasteiger partial charge in [-0.3, -0.25) is 9.59 Å². The standard InChI is InChI=1S/C22H19F3N2O7S/c1-35(32,33)12-4-2-11(3-5-12)16-10-27-9-14(21(31)26-8-17(28)29)19(30)13-6-7-15(22(23,24)25)20(34-16)18(13)27/h2-7,16,30H,8-10H2,1H3,(H,26,31)(H,28,29). The number of aliphatic hydroxyl groups is 1. The predicted molar refractivity (Wildman–Crippen MR) is 117 cm³/mol. The number of benzene rings is 2. The molecule has 13 heteroatoms. The second-order valence-corrected chi connectivity index (χ2v) is 10.1. The highest BCUT2D eigenvalue weighted by atomic mass is 32.2. The number of sulfone groups is 1. The van der Waals surface area contributed by atoms with E-state index in [1.165, 1.54) is 29.2 Å². The Morgan fingerprint density at radius 3 is 2.40 bits per heavy atom. The summed E-state index contributed by atoms with van der Waals surface area (Å²) in [7, 11) is -3.49. The number of amides is 1. The first kappa shape index (κ1) is 24.4. The van der Waals surface area contributed by atoms with E-state index < -0.39 is 57.6 Å². The molecule has 0 fully saturated rings. The van der Waals surface area contributed by atoms with Gasteiger partial charge in [0.05, 0.1) is 34.8 Å². The highest BCUT2D eigenvalue weighted by Gasteiger charge is 2.43. The van der Waals surface area contributed by atoms with Crippen LogP contribution in [0, 0.1) is 0 Å². The fourth-order valence-corrected chi connectivity index (χ4v) is 4.64. The van der Waals surface area contributed by atoms with Crippen LogP contribution in [0.2, 0.25) is 0 Å². The van der Waals surface area contributed by atoms with Crippen molar-refractivity contribution in [2.75, 3.05) is 30.8 Å². The van der Waals surface area contributed by atoms with Crippen molar-refractivity contribution in [2.24, 2.45) is 0 Å². The molecule has 0 aromatic heterocycles. The third kappa shape index (κ3) is 4.63. The van der Waals surface area contributed by atoms with Gasteiger partial charge in [0.25, 0.3) is 5.91 Å². The highest BCUT2D eigenvalue weighted by Crippen LogP contribution is 2.51. The molecule has 2 aliphatic rings. The van der Waals surface area contributed by atoms with Crippen LogP contribution in [0.5, 0.6) is 5.75 Å². The van der Waals surface area contributed by atoms with Crippen molar-refractivity contribution in [3.05, 3.63) is 58.7 Å². The van der Waals surface area contributed by atoms with Crippen LogP contribution in [0.4, 0.5) is 18.9 Å². The van der Waals surface area contributed by atoms with Crippen LogP contribution >= 0.6 is 0 Å². The van der Waals surface area contributed by atoms with Gasteiger partial charge in [-0.25, -0.2) is 8.42 Å². The Hall–Kier alpha value is -3.74. The molecule has 186 valence electrons. The van der Waals surface area contributed by atoms with Crippen LogP contribution in [-0.2, 0) is 25.6 Å². The number of aliphatic hydroxyl groups excluding tert-OH is 1. The molecular weight excluding hydrogens is 493 g/mol. The summed E-state index contributed by atoms with van der Waals surface area (Å²) in [5.74, 6) is -3.29. The lowest BCUT2D eigenvalue weighted by molar-refractivity contribution is -0.139. The van der Waals surface area contributed by atoms with Gasteiger partial charge in [-0.15, -0.1) is 0 Å². The minimum absolute atomic E-state index is 0.0253. The maximum absolute atomic E-state index is 13.8. The summed E-state index contributed by atoms with van der Waals surface area (Å²) in [6.45, 7) is -1.04. The van der Waals surface area contributed by atoms with Crippen LogP contribution in [0.3, 0.4) is 0 Å². The molecule has 4 rings (SSSR count). The summed E-state index contributed by atoms with van der Waals surface area (Å²) >= 11 is 0. The van der Waals surface area contributed by atoms with Crippen LogP contribution in [0.25, 0.3) is 5.76 Å². The number of hydrogen-bond acceptors (Lipinski definition) is 7. The molecule has 0 radical (unpaired) electrons. The molecule has 1 atom stereocenters. The van der Waals surface area contributed by atoms with Crippen molar-refractivity contribution in [2.45, 2.75) is 17.2 Å². The SMILES string of the molecule is CS(=O)(=O)c1ccc(C2CN3CC(C(=O)NCC(=O)O)=C(O)c4ccc(C(F)(F)F)c(c43)O2)cc1.